The monoisotopic (exact) mass is 222 g/mol. The van der Waals surface area contributed by atoms with Crippen molar-refractivity contribution in [2.45, 2.75) is 37.8 Å². The Labute approximate surface area is 94.1 Å². The number of aliphatic carboxylic acids is 1. The van der Waals surface area contributed by atoms with Crippen molar-refractivity contribution in [2.24, 2.45) is 0 Å². The summed E-state index contributed by atoms with van der Waals surface area (Å²) in [6.45, 7) is 0. The van der Waals surface area contributed by atoms with Crippen molar-refractivity contribution >= 4 is 5.97 Å². The molecule has 1 N–H and O–H groups in total. The Morgan fingerprint density at radius 2 is 1.94 bits per heavy atom. The van der Waals surface area contributed by atoms with Gasteiger partial charge in [-0.1, -0.05) is 24.3 Å². The van der Waals surface area contributed by atoms with E-state index in [2.05, 4.69) is 0 Å². The lowest BCUT2D eigenvalue weighted by Crippen LogP contribution is -2.08. The summed E-state index contributed by atoms with van der Waals surface area (Å²) >= 11 is 0. The maximum atomic E-state index is 13.6. The molecule has 0 aromatic heterocycles. The van der Waals surface area contributed by atoms with Crippen molar-refractivity contribution in [3.8, 4) is 0 Å². The van der Waals surface area contributed by atoms with Crippen LogP contribution < -0.4 is 0 Å². The Morgan fingerprint density at radius 3 is 2.50 bits per heavy atom. The highest BCUT2D eigenvalue weighted by atomic mass is 19.1. The number of carboxylic acids is 1. The van der Waals surface area contributed by atoms with E-state index in [0.29, 0.717) is 25.7 Å². The van der Waals surface area contributed by atoms with E-state index in [-0.39, 0.29) is 6.42 Å². The molecule has 0 heterocycles. The second kappa shape index (κ2) is 4.24. The summed E-state index contributed by atoms with van der Waals surface area (Å²) < 4.78 is 13.6. The quantitative estimate of drug-likeness (QED) is 0.831. The molecule has 0 amide bonds. The molecule has 1 saturated carbocycles. The maximum absolute atomic E-state index is 13.6. The minimum atomic E-state index is -1.01. The highest BCUT2D eigenvalue weighted by Crippen LogP contribution is 2.43. The standard InChI is InChI=1S/C13H15FO2/c14-13(7-8-13)9-11-4-2-1-3-10(11)5-6-12(15)16/h1-4H,5-9H2,(H,15,16). The first kappa shape index (κ1) is 11.1. The fourth-order valence-electron chi connectivity index (χ4n) is 1.87. The van der Waals surface area contributed by atoms with Crippen LogP contribution in [0.4, 0.5) is 4.39 Å². The van der Waals surface area contributed by atoms with E-state index in [9.17, 15) is 9.18 Å². The zero-order chi connectivity index (χ0) is 11.6. The van der Waals surface area contributed by atoms with Crippen molar-refractivity contribution in [3.63, 3.8) is 0 Å². The summed E-state index contributed by atoms with van der Waals surface area (Å²) in [5, 5.41) is 8.64. The average molecular weight is 222 g/mol. The van der Waals surface area contributed by atoms with E-state index < -0.39 is 11.6 Å². The van der Waals surface area contributed by atoms with Crippen LogP contribution in [-0.2, 0) is 17.6 Å². The van der Waals surface area contributed by atoms with Crippen LogP contribution in [0.1, 0.15) is 30.4 Å². The number of rotatable bonds is 5. The fourth-order valence-corrected chi connectivity index (χ4v) is 1.87. The molecule has 1 aromatic carbocycles. The van der Waals surface area contributed by atoms with Crippen LogP contribution in [0.3, 0.4) is 0 Å². The molecule has 0 aliphatic heterocycles. The molecule has 0 atom stereocenters. The molecule has 0 bridgehead atoms. The van der Waals surface area contributed by atoms with Gasteiger partial charge < -0.3 is 5.11 Å². The smallest absolute Gasteiger partial charge is 0.303 e. The van der Waals surface area contributed by atoms with E-state index >= 15 is 0 Å². The summed E-state index contributed by atoms with van der Waals surface area (Å²) in [7, 11) is 0. The van der Waals surface area contributed by atoms with Crippen molar-refractivity contribution in [1.29, 1.82) is 0 Å². The summed E-state index contributed by atoms with van der Waals surface area (Å²) in [4.78, 5) is 10.5. The third-order valence-electron chi connectivity index (χ3n) is 3.03. The number of benzene rings is 1. The molecule has 1 fully saturated rings. The van der Waals surface area contributed by atoms with Crippen molar-refractivity contribution in [2.75, 3.05) is 0 Å². The minimum absolute atomic E-state index is 0.107. The fraction of sp³-hybridized carbons (Fsp3) is 0.462. The third kappa shape index (κ3) is 2.81. The third-order valence-corrected chi connectivity index (χ3v) is 3.03. The van der Waals surface area contributed by atoms with Gasteiger partial charge in [0.25, 0.3) is 0 Å². The van der Waals surface area contributed by atoms with Gasteiger partial charge in [-0.2, -0.15) is 0 Å². The van der Waals surface area contributed by atoms with E-state index in [4.69, 9.17) is 5.11 Å². The van der Waals surface area contributed by atoms with E-state index in [1.54, 1.807) is 0 Å². The normalized spacial score (nSPS) is 17.1. The second-order valence-corrected chi connectivity index (χ2v) is 4.49. The number of hydrogen-bond acceptors (Lipinski definition) is 1. The SMILES string of the molecule is O=C(O)CCc1ccccc1CC1(F)CC1. The number of carbonyl (C=O) groups is 1. The van der Waals surface area contributed by atoms with Crippen LogP contribution in [-0.4, -0.2) is 16.7 Å². The van der Waals surface area contributed by atoms with Crippen LogP contribution in [0.5, 0.6) is 0 Å². The van der Waals surface area contributed by atoms with E-state index in [1.807, 2.05) is 24.3 Å². The van der Waals surface area contributed by atoms with Crippen LogP contribution in [0.25, 0.3) is 0 Å². The van der Waals surface area contributed by atoms with Gasteiger partial charge in [-0.25, -0.2) is 4.39 Å². The van der Waals surface area contributed by atoms with Crippen molar-refractivity contribution in [3.05, 3.63) is 35.4 Å². The Hall–Kier alpha value is -1.38. The van der Waals surface area contributed by atoms with Gasteiger partial charge >= 0.3 is 5.97 Å². The Kier molecular flexibility index (Phi) is 2.95. The lowest BCUT2D eigenvalue weighted by Gasteiger charge is -2.10. The molecule has 1 aromatic rings. The molecule has 0 saturated heterocycles. The molecule has 3 heteroatoms. The van der Waals surface area contributed by atoms with Gasteiger partial charge in [0.05, 0.1) is 0 Å². The zero-order valence-corrected chi connectivity index (χ0v) is 9.08. The van der Waals surface area contributed by atoms with Crippen LogP contribution >= 0.6 is 0 Å². The van der Waals surface area contributed by atoms with Gasteiger partial charge in [0, 0.05) is 12.8 Å². The van der Waals surface area contributed by atoms with Crippen LogP contribution in [0.2, 0.25) is 0 Å². The van der Waals surface area contributed by atoms with Gasteiger partial charge in [0.15, 0.2) is 0 Å². The zero-order valence-electron chi connectivity index (χ0n) is 9.08. The first-order valence-corrected chi connectivity index (χ1v) is 5.57. The van der Waals surface area contributed by atoms with E-state index in [1.165, 1.54) is 0 Å². The van der Waals surface area contributed by atoms with Crippen molar-refractivity contribution < 1.29 is 14.3 Å². The average Bonchev–Trinajstić information content (AvgIpc) is 2.95. The molecular weight excluding hydrogens is 207 g/mol. The predicted molar refractivity (Wildman–Crippen MR) is 59.2 cm³/mol. The molecule has 0 radical (unpaired) electrons. The molecule has 86 valence electrons. The second-order valence-electron chi connectivity index (χ2n) is 4.49. The summed E-state index contributed by atoms with van der Waals surface area (Å²) in [5.41, 5.74) is 0.914. The molecular formula is C13H15FO2. The summed E-state index contributed by atoms with van der Waals surface area (Å²) in [5.74, 6) is -0.809. The van der Waals surface area contributed by atoms with E-state index in [0.717, 1.165) is 11.1 Å². The summed E-state index contributed by atoms with van der Waals surface area (Å²) in [6, 6.07) is 7.55. The molecule has 1 aliphatic carbocycles. The first-order chi connectivity index (χ1) is 7.59. The number of carboxylic acid groups (broad SMARTS) is 1. The number of aryl methyl sites for hydroxylation is 1. The van der Waals surface area contributed by atoms with Gasteiger partial charge in [-0.15, -0.1) is 0 Å². The molecule has 1 aliphatic rings. The highest BCUT2D eigenvalue weighted by Gasteiger charge is 2.43. The van der Waals surface area contributed by atoms with Gasteiger partial charge in [0.1, 0.15) is 5.67 Å². The van der Waals surface area contributed by atoms with Crippen molar-refractivity contribution in [1.82, 2.24) is 0 Å². The topological polar surface area (TPSA) is 37.3 Å². The van der Waals surface area contributed by atoms with Crippen LogP contribution in [0.15, 0.2) is 24.3 Å². The van der Waals surface area contributed by atoms with Gasteiger partial charge in [0.2, 0.25) is 0 Å². The van der Waals surface area contributed by atoms with Gasteiger partial charge in [-0.3, -0.25) is 4.79 Å². The highest BCUT2D eigenvalue weighted by molar-refractivity contribution is 5.67. The predicted octanol–water partition coefficient (Wildman–Crippen LogP) is 2.75. The minimum Gasteiger partial charge on any atom is -0.481 e. The molecule has 16 heavy (non-hydrogen) atoms. The molecule has 2 rings (SSSR count). The molecule has 0 unspecified atom stereocenters. The number of halogens is 1. The lowest BCUT2D eigenvalue weighted by molar-refractivity contribution is -0.136. The number of alkyl halides is 1. The Morgan fingerprint density at radius 1 is 1.31 bits per heavy atom. The maximum Gasteiger partial charge on any atom is 0.303 e. The van der Waals surface area contributed by atoms with Gasteiger partial charge in [-0.05, 0) is 30.4 Å². The molecule has 0 spiro atoms. The number of hydrogen-bond donors (Lipinski definition) is 1. The summed E-state index contributed by atoms with van der Waals surface area (Å²) in [6.07, 6.45) is 2.31. The Balaban J connectivity index is 2.07. The largest absolute Gasteiger partial charge is 0.481 e. The molecule has 2 nitrogen and oxygen atoms in total. The first-order valence-electron chi connectivity index (χ1n) is 5.57. The Bertz CT molecular complexity index is 397. The van der Waals surface area contributed by atoms with Crippen LogP contribution in [0, 0.1) is 0 Å². The lowest BCUT2D eigenvalue weighted by atomic mass is 9.98.